The van der Waals surface area contributed by atoms with Crippen LogP contribution in [0.4, 0.5) is 0 Å². The summed E-state index contributed by atoms with van der Waals surface area (Å²) in [5, 5.41) is 0. The Hall–Kier alpha value is -1.38. The molecule has 1 fully saturated rings. The fourth-order valence-electron chi connectivity index (χ4n) is 2.45. The molecule has 2 aliphatic heterocycles. The predicted octanol–water partition coefficient (Wildman–Crippen LogP) is 1.52. The standard InChI is InChI=1S/C12H14N2O/c15-10-4-7-14(8-5-10)11-2-1-9-3-6-13-12(9)11/h1-2,6,9H,3-5,7-8H2. The van der Waals surface area contributed by atoms with Crippen molar-refractivity contribution in [1.82, 2.24) is 4.90 Å². The van der Waals surface area contributed by atoms with E-state index < -0.39 is 0 Å². The van der Waals surface area contributed by atoms with Gasteiger partial charge in [-0.05, 0) is 12.5 Å². The minimum absolute atomic E-state index is 0.394. The van der Waals surface area contributed by atoms with Crippen LogP contribution in [0, 0.1) is 5.92 Å². The second-order valence-corrected chi connectivity index (χ2v) is 4.31. The Balaban J connectivity index is 1.83. The lowest BCUT2D eigenvalue weighted by Gasteiger charge is -2.28. The van der Waals surface area contributed by atoms with Crippen molar-refractivity contribution in [3.63, 3.8) is 0 Å². The predicted molar refractivity (Wildman–Crippen MR) is 58.6 cm³/mol. The molecule has 78 valence electrons. The van der Waals surface area contributed by atoms with Crippen LogP contribution in [0.5, 0.6) is 0 Å². The van der Waals surface area contributed by atoms with Gasteiger partial charge in [-0.25, -0.2) is 0 Å². The second kappa shape index (κ2) is 3.33. The first kappa shape index (κ1) is 8.89. The van der Waals surface area contributed by atoms with Gasteiger partial charge in [0.05, 0.1) is 11.4 Å². The summed E-state index contributed by atoms with van der Waals surface area (Å²) in [4.78, 5) is 17.9. The highest BCUT2D eigenvalue weighted by Gasteiger charge is 2.27. The number of hydrogen-bond acceptors (Lipinski definition) is 3. The monoisotopic (exact) mass is 202 g/mol. The molecule has 0 N–H and O–H groups in total. The number of Topliss-reactive ketones (excluding diaryl/α,β-unsaturated/α-hetero) is 1. The van der Waals surface area contributed by atoms with Crippen LogP contribution in [0.2, 0.25) is 0 Å². The number of piperidine rings is 1. The summed E-state index contributed by atoms with van der Waals surface area (Å²) in [6, 6.07) is 0. The smallest absolute Gasteiger partial charge is 0.136 e. The van der Waals surface area contributed by atoms with Crippen LogP contribution in [-0.2, 0) is 4.79 Å². The van der Waals surface area contributed by atoms with Gasteiger partial charge in [0.15, 0.2) is 0 Å². The molecule has 0 saturated carbocycles. The Bertz CT molecular complexity index is 382. The summed E-state index contributed by atoms with van der Waals surface area (Å²) in [5.74, 6) is 0.905. The lowest BCUT2D eigenvalue weighted by molar-refractivity contribution is -0.121. The average Bonchev–Trinajstić information content (AvgIpc) is 2.80. The third-order valence-corrected chi connectivity index (χ3v) is 3.35. The molecule has 3 aliphatic rings. The molecule has 1 atom stereocenters. The fourth-order valence-corrected chi connectivity index (χ4v) is 2.45. The van der Waals surface area contributed by atoms with E-state index in [0.717, 1.165) is 19.5 Å². The van der Waals surface area contributed by atoms with Gasteiger partial charge in [0.2, 0.25) is 0 Å². The van der Waals surface area contributed by atoms with Gasteiger partial charge in [0.25, 0.3) is 0 Å². The number of fused-ring (bicyclic) bond motifs is 1. The first-order chi connectivity index (χ1) is 7.34. The minimum atomic E-state index is 0.394. The van der Waals surface area contributed by atoms with Crippen LogP contribution in [0.25, 0.3) is 0 Å². The first-order valence-corrected chi connectivity index (χ1v) is 5.56. The number of hydrogen-bond donors (Lipinski definition) is 0. The number of nitrogens with zero attached hydrogens (tertiary/aromatic N) is 2. The number of ketones is 1. The highest BCUT2D eigenvalue weighted by molar-refractivity contribution is 5.79. The Morgan fingerprint density at radius 1 is 1.33 bits per heavy atom. The molecule has 0 amide bonds. The van der Waals surface area contributed by atoms with Gasteiger partial charge >= 0.3 is 0 Å². The summed E-state index contributed by atoms with van der Waals surface area (Å²) in [6.45, 7) is 1.73. The maximum absolute atomic E-state index is 11.2. The van der Waals surface area contributed by atoms with Gasteiger partial charge in [0, 0.05) is 38.1 Å². The maximum atomic E-state index is 11.2. The van der Waals surface area contributed by atoms with Crippen LogP contribution in [0.3, 0.4) is 0 Å². The lowest BCUT2D eigenvalue weighted by atomic mass is 10.1. The molecule has 0 aromatic heterocycles. The number of allylic oxidation sites excluding steroid dienone is 2. The molecule has 3 rings (SSSR count). The van der Waals surface area contributed by atoms with Crippen molar-refractivity contribution in [2.45, 2.75) is 19.3 Å². The van der Waals surface area contributed by atoms with Crippen LogP contribution in [-0.4, -0.2) is 30.0 Å². The van der Waals surface area contributed by atoms with E-state index in [4.69, 9.17) is 0 Å². The molecular formula is C12H14N2O. The number of carbonyl (C=O) groups is 1. The Labute approximate surface area is 89.2 Å². The molecule has 3 heteroatoms. The normalized spacial score (nSPS) is 29.2. The van der Waals surface area contributed by atoms with Crippen molar-refractivity contribution >= 4 is 12.0 Å². The van der Waals surface area contributed by atoms with Gasteiger partial charge in [-0.2, -0.15) is 0 Å². The second-order valence-electron chi connectivity index (χ2n) is 4.31. The highest BCUT2D eigenvalue weighted by atomic mass is 16.1. The van der Waals surface area contributed by atoms with Crippen LogP contribution < -0.4 is 0 Å². The molecule has 1 saturated heterocycles. The SMILES string of the molecule is O=C1CCN(C2=C3N=CCC3C=C2)CC1. The van der Waals surface area contributed by atoms with Crippen molar-refractivity contribution in [2.24, 2.45) is 10.9 Å². The third kappa shape index (κ3) is 1.42. The van der Waals surface area contributed by atoms with Gasteiger partial charge in [-0.3, -0.25) is 9.79 Å². The van der Waals surface area contributed by atoms with Gasteiger partial charge < -0.3 is 4.90 Å². The maximum Gasteiger partial charge on any atom is 0.136 e. The van der Waals surface area contributed by atoms with Crippen LogP contribution >= 0.6 is 0 Å². The summed E-state index contributed by atoms with van der Waals surface area (Å²) < 4.78 is 0. The molecule has 0 radical (unpaired) electrons. The van der Waals surface area contributed by atoms with E-state index in [9.17, 15) is 4.79 Å². The van der Waals surface area contributed by atoms with Crippen LogP contribution in [0.15, 0.2) is 28.5 Å². The fraction of sp³-hybridized carbons (Fsp3) is 0.500. The Kier molecular flexibility index (Phi) is 1.97. The van der Waals surface area contributed by atoms with Crippen molar-refractivity contribution in [3.8, 4) is 0 Å². The number of rotatable bonds is 1. The zero-order valence-corrected chi connectivity index (χ0v) is 8.65. The molecule has 1 unspecified atom stereocenters. The van der Waals surface area contributed by atoms with Crippen molar-refractivity contribution in [2.75, 3.05) is 13.1 Å². The number of carbonyl (C=O) groups excluding carboxylic acids is 1. The van der Waals surface area contributed by atoms with E-state index in [1.807, 2.05) is 6.21 Å². The summed E-state index contributed by atoms with van der Waals surface area (Å²) in [5.41, 5.74) is 2.46. The molecule has 15 heavy (non-hydrogen) atoms. The zero-order valence-electron chi connectivity index (χ0n) is 8.65. The minimum Gasteiger partial charge on any atom is -0.369 e. The van der Waals surface area contributed by atoms with Gasteiger partial charge in [-0.15, -0.1) is 0 Å². The summed E-state index contributed by atoms with van der Waals surface area (Å²) >= 11 is 0. The molecule has 0 spiro atoms. The summed E-state index contributed by atoms with van der Waals surface area (Å²) in [6.07, 6.45) is 8.83. The Morgan fingerprint density at radius 2 is 2.13 bits per heavy atom. The largest absolute Gasteiger partial charge is 0.369 e. The average molecular weight is 202 g/mol. The topological polar surface area (TPSA) is 32.7 Å². The zero-order chi connectivity index (χ0) is 10.3. The van der Waals surface area contributed by atoms with Crippen LogP contribution in [0.1, 0.15) is 19.3 Å². The molecule has 2 heterocycles. The van der Waals surface area contributed by atoms with Crippen molar-refractivity contribution in [1.29, 1.82) is 0 Å². The lowest BCUT2D eigenvalue weighted by Crippen LogP contribution is -2.32. The molecule has 0 aromatic rings. The van der Waals surface area contributed by atoms with E-state index in [1.54, 1.807) is 0 Å². The first-order valence-electron chi connectivity index (χ1n) is 5.56. The molecule has 1 aliphatic carbocycles. The van der Waals surface area contributed by atoms with E-state index in [2.05, 4.69) is 22.0 Å². The number of likely N-dealkylation sites (tertiary alicyclic amines) is 1. The molecular weight excluding hydrogens is 188 g/mol. The van der Waals surface area contributed by atoms with E-state index in [-0.39, 0.29) is 0 Å². The van der Waals surface area contributed by atoms with Gasteiger partial charge in [-0.1, -0.05) is 6.08 Å². The van der Waals surface area contributed by atoms with E-state index in [0.29, 0.717) is 24.5 Å². The molecule has 0 bridgehead atoms. The van der Waals surface area contributed by atoms with Crippen molar-refractivity contribution < 1.29 is 4.79 Å². The molecule has 0 aromatic carbocycles. The number of aliphatic imine (C=N–C) groups is 1. The quantitative estimate of drug-likeness (QED) is 0.646. The Morgan fingerprint density at radius 3 is 2.93 bits per heavy atom. The van der Waals surface area contributed by atoms with E-state index >= 15 is 0 Å². The third-order valence-electron chi connectivity index (χ3n) is 3.35. The highest BCUT2D eigenvalue weighted by Crippen LogP contribution is 2.34. The molecule has 3 nitrogen and oxygen atoms in total. The van der Waals surface area contributed by atoms with E-state index in [1.165, 1.54) is 11.4 Å². The van der Waals surface area contributed by atoms with Crippen molar-refractivity contribution in [3.05, 3.63) is 23.5 Å². The van der Waals surface area contributed by atoms with Gasteiger partial charge in [0.1, 0.15) is 5.78 Å². The summed E-state index contributed by atoms with van der Waals surface area (Å²) in [7, 11) is 0.